The highest BCUT2D eigenvalue weighted by atomic mass is 35.5. The Kier molecular flexibility index (Phi) is 5.68. The summed E-state index contributed by atoms with van der Waals surface area (Å²) in [4.78, 5) is -0.235. The van der Waals surface area contributed by atoms with Gasteiger partial charge in [0, 0.05) is 12.1 Å². The lowest BCUT2D eigenvalue weighted by atomic mass is 10.2. The molecule has 148 valence electrons. The van der Waals surface area contributed by atoms with E-state index in [0.29, 0.717) is 12.1 Å². The molecule has 0 bridgehead atoms. The first kappa shape index (κ1) is 20.5. The summed E-state index contributed by atoms with van der Waals surface area (Å²) in [6, 6.07) is 12.6. The Bertz CT molecular complexity index is 1200. The van der Waals surface area contributed by atoms with E-state index in [1.54, 1.807) is 6.07 Å². The number of nitrogens with one attached hydrogen (secondary N) is 1. The van der Waals surface area contributed by atoms with Gasteiger partial charge in [-0.2, -0.15) is 5.26 Å². The summed E-state index contributed by atoms with van der Waals surface area (Å²) in [7, 11) is -4.20. The molecule has 0 fully saturated rings. The van der Waals surface area contributed by atoms with E-state index in [1.807, 2.05) is 10.8 Å². The van der Waals surface area contributed by atoms with E-state index in [0.717, 1.165) is 0 Å². The van der Waals surface area contributed by atoms with Crippen LogP contribution in [0.3, 0.4) is 0 Å². The van der Waals surface area contributed by atoms with Gasteiger partial charge in [0.2, 0.25) is 0 Å². The molecule has 0 aliphatic heterocycles. The topological polar surface area (TPSA) is 79.2 Å². The third-order valence-electron chi connectivity index (χ3n) is 3.69. The number of ether oxygens (including phenoxy) is 1. The summed E-state index contributed by atoms with van der Waals surface area (Å²) in [5.41, 5.74) is -0.354. The number of rotatable bonds is 5. The van der Waals surface area contributed by atoms with Crippen LogP contribution < -0.4 is 9.46 Å². The summed E-state index contributed by atoms with van der Waals surface area (Å²) in [6.07, 6.45) is 0. The van der Waals surface area contributed by atoms with Crippen molar-refractivity contribution in [2.75, 3.05) is 4.72 Å². The molecule has 3 rings (SSSR count). The van der Waals surface area contributed by atoms with Gasteiger partial charge in [-0.3, -0.25) is 4.72 Å². The van der Waals surface area contributed by atoms with E-state index in [1.165, 1.54) is 36.4 Å². The molecule has 0 amide bonds. The minimum Gasteiger partial charge on any atom is -0.456 e. The molecule has 3 aromatic carbocycles. The number of sulfonamides is 1. The van der Waals surface area contributed by atoms with Crippen molar-refractivity contribution >= 4 is 27.3 Å². The van der Waals surface area contributed by atoms with Crippen molar-refractivity contribution in [1.82, 2.24) is 0 Å². The highest BCUT2D eigenvalue weighted by Gasteiger charge is 2.18. The first-order chi connectivity index (χ1) is 13.7. The van der Waals surface area contributed by atoms with E-state index in [2.05, 4.69) is 0 Å². The van der Waals surface area contributed by atoms with Crippen LogP contribution in [0.25, 0.3) is 0 Å². The standard InChI is InChI=1S/C19H10ClF3N2O3S/c20-15-2-1-3-18(14(15)10-24)28-12-4-6-13(7-5-12)29(26,27)25-11-8-16(21)19(23)17(22)9-11/h1-9,25H. The number of nitriles is 1. The van der Waals surface area contributed by atoms with Crippen molar-refractivity contribution in [3.63, 3.8) is 0 Å². The Morgan fingerprint density at radius 1 is 1.00 bits per heavy atom. The van der Waals surface area contributed by atoms with Crippen molar-refractivity contribution in [3.8, 4) is 17.6 Å². The highest BCUT2D eigenvalue weighted by Crippen LogP contribution is 2.30. The number of nitrogens with zero attached hydrogens (tertiary/aromatic N) is 1. The van der Waals surface area contributed by atoms with Crippen LogP contribution in [0.4, 0.5) is 18.9 Å². The molecule has 0 saturated carbocycles. The highest BCUT2D eigenvalue weighted by molar-refractivity contribution is 7.92. The number of anilines is 1. The Hall–Kier alpha value is -3.22. The lowest BCUT2D eigenvalue weighted by Gasteiger charge is -2.11. The maximum absolute atomic E-state index is 13.3. The van der Waals surface area contributed by atoms with Crippen LogP contribution in [0.2, 0.25) is 5.02 Å². The second-order valence-corrected chi connectivity index (χ2v) is 7.75. The molecule has 3 aromatic rings. The molecule has 0 aromatic heterocycles. The van der Waals surface area contributed by atoms with Crippen LogP contribution >= 0.6 is 11.6 Å². The smallest absolute Gasteiger partial charge is 0.261 e. The lowest BCUT2D eigenvalue weighted by molar-refractivity contribution is 0.448. The number of hydrogen-bond donors (Lipinski definition) is 1. The third-order valence-corrected chi connectivity index (χ3v) is 5.40. The molecule has 0 atom stereocenters. The molecule has 29 heavy (non-hydrogen) atoms. The normalized spacial score (nSPS) is 11.0. The van der Waals surface area contributed by atoms with Gasteiger partial charge >= 0.3 is 0 Å². The van der Waals surface area contributed by atoms with Crippen LogP contribution in [0.5, 0.6) is 11.5 Å². The second-order valence-electron chi connectivity index (χ2n) is 5.66. The summed E-state index contributed by atoms with van der Waals surface area (Å²) in [5.74, 6) is -4.35. The van der Waals surface area contributed by atoms with E-state index < -0.39 is 33.2 Å². The molecule has 5 nitrogen and oxygen atoms in total. The van der Waals surface area contributed by atoms with Crippen LogP contribution in [0.1, 0.15) is 5.56 Å². The van der Waals surface area contributed by atoms with Crippen molar-refractivity contribution in [3.05, 3.63) is 82.6 Å². The molecular formula is C19H10ClF3N2O3S. The Balaban J connectivity index is 1.83. The Morgan fingerprint density at radius 3 is 2.21 bits per heavy atom. The first-order valence-electron chi connectivity index (χ1n) is 7.85. The van der Waals surface area contributed by atoms with Gasteiger partial charge in [0.1, 0.15) is 23.1 Å². The monoisotopic (exact) mass is 438 g/mol. The first-order valence-corrected chi connectivity index (χ1v) is 9.71. The molecule has 0 aliphatic carbocycles. The SMILES string of the molecule is N#Cc1c(Cl)cccc1Oc1ccc(S(=O)(=O)Nc2cc(F)c(F)c(F)c2)cc1. The molecule has 0 radical (unpaired) electrons. The van der Waals surface area contributed by atoms with Crippen LogP contribution in [-0.4, -0.2) is 8.42 Å². The predicted molar refractivity (Wildman–Crippen MR) is 99.8 cm³/mol. The van der Waals surface area contributed by atoms with Gasteiger partial charge in [-0.15, -0.1) is 0 Å². The van der Waals surface area contributed by atoms with Crippen LogP contribution in [0, 0.1) is 28.8 Å². The number of hydrogen-bond acceptors (Lipinski definition) is 4. The van der Waals surface area contributed by atoms with Gasteiger partial charge in [-0.25, -0.2) is 21.6 Å². The Labute approximate surface area is 169 Å². The van der Waals surface area contributed by atoms with E-state index in [4.69, 9.17) is 21.6 Å². The Morgan fingerprint density at radius 2 is 1.62 bits per heavy atom. The predicted octanol–water partition coefficient (Wildman–Crippen LogP) is 5.22. The van der Waals surface area contributed by atoms with Crippen molar-refractivity contribution < 1.29 is 26.3 Å². The second kappa shape index (κ2) is 8.03. The van der Waals surface area contributed by atoms with E-state index in [9.17, 15) is 21.6 Å². The molecule has 0 unspecified atom stereocenters. The molecule has 0 spiro atoms. The minimum atomic E-state index is -4.20. The summed E-state index contributed by atoms with van der Waals surface area (Å²) in [5, 5.41) is 9.35. The zero-order chi connectivity index (χ0) is 21.2. The van der Waals surface area contributed by atoms with Gasteiger partial charge in [0.25, 0.3) is 10.0 Å². The van der Waals surface area contributed by atoms with E-state index in [-0.39, 0.29) is 27.0 Å². The molecule has 0 saturated heterocycles. The average molecular weight is 439 g/mol. The molecule has 10 heteroatoms. The third kappa shape index (κ3) is 4.45. The van der Waals surface area contributed by atoms with Gasteiger partial charge < -0.3 is 4.74 Å². The largest absolute Gasteiger partial charge is 0.456 e. The van der Waals surface area contributed by atoms with Gasteiger partial charge in [-0.05, 0) is 36.4 Å². The van der Waals surface area contributed by atoms with Crippen LogP contribution in [-0.2, 0) is 10.0 Å². The maximum atomic E-state index is 13.3. The summed E-state index contributed by atoms with van der Waals surface area (Å²) < 4.78 is 71.8. The van der Waals surface area contributed by atoms with E-state index >= 15 is 0 Å². The van der Waals surface area contributed by atoms with Crippen molar-refractivity contribution in [2.24, 2.45) is 0 Å². The maximum Gasteiger partial charge on any atom is 0.261 e. The molecular weight excluding hydrogens is 429 g/mol. The average Bonchev–Trinajstić information content (AvgIpc) is 2.66. The lowest BCUT2D eigenvalue weighted by Crippen LogP contribution is -2.13. The fraction of sp³-hybridized carbons (Fsp3) is 0. The molecule has 0 aliphatic rings. The number of halogens is 4. The zero-order valence-electron chi connectivity index (χ0n) is 14.3. The summed E-state index contributed by atoms with van der Waals surface area (Å²) in [6.45, 7) is 0. The van der Waals surface area contributed by atoms with Gasteiger partial charge in [-0.1, -0.05) is 17.7 Å². The van der Waals surface area contributed by atoms with Crippen molar-refractivity contribution in [1.29, 1.82) is 5.26 Å². The van der Waals surface area contributed by atoms with Crippen LogP contribution in [0.15, 0.2) is 59.5 Å². The minimum absolute atomic E-state index is 0.118. The number of benzene rings is 3. The quantitative estimate of drug-likeness (QED) is 0.554. The van der Waals surface area contributed by atoms with Crippen molar-refractivity contribution in [2.45, 2.75) is 4.90 Å². The zero-order valence-corrected chi connectivity index (χ0v) is 15.9. The van der Waals surface area contributed by atoms with Gasteiger partial charge in [0.15, 0.2) is 17.5 Å². The summed E-state index contributed by atoms with van der Waals surface area (Å²) >= 11 is 5.92. The fourth-order valence-electron chi connectivity index (χ4n) is 2.34. The van der Waals surface area contributed by atoms with Gasteiger partial charge in [0.05, 0.1) is 15.6 Å². The molecule has 1 N–H and O–H groups in total. The fourth-order valence-corrected chi connectivity index (χ4v) is 3.59. The molecule has 0 heterocycles.